The summed E-state index contributed by atoms with van der Waals surface area (Å²) in [6.07, 6.45) is 7.96. The Morgan fingerprint density at radius 3 is 2.39 bits per heavy atom. The van der Waals surface area contributed by atoms with Crippen LogP contribution in [0.1, 0.15) is 53.4 Å². The number of halogens is 3. The summed E-state index contributed by atoms with van der Waals surface area (Å²) < 4.78 is 29.2. The topological polar surface area (TPSA) is 45.2 Å². The minimum absolute atomic E-state index is 0.00709. The lowest BCUT2D eigenvalue weighted by Crippen LogP contribution is -2.44. The second-order valence-corrected chi connectivity index (χ2v) is 11.2. The molecule has 0 spiro atoms. The van der Waals surface area contributed by atoms with Crippen LogP contribution < -0.4 is 5.32 Å². The van der Waals surface area contributed by atoms with Crippen LogP contribution in [0.3, 0.4) is 0 Å². The number of hydrogen-bond donors (Lipinski definition) is 1. The average Bonchev–Trinajstić information content (AvgIpc) is 3.32. The van der Waals surface area contributed by atoms with Crippen molar-refractivity contribution in [2.24, 2.45) is 0 Å². The van der Waals surface area contributed by atoms with Gasteiger partial charge in [-0.2, -0.15) is 0 Å². The number of carbonyl (C=O) groups is 1. The molecule has 1 amide bonds. The summed E-state index contributed by atoms with van der Waals surface area (Å²) in [7, 11) is 1.96. The third-order valence-electron chi connectivity index (χ3n) is 7.62. The molecule has 0 aliphatic heterocycles. The second kappa shape index (κ2) is 11.5. The van der Waals surface area contributed by atoms with Gasteiger partial charge in [0, 0.05) is 31.0 Å². The van der Waals surface area contributed by atoms with Crippen LogP contribution in [0.2, 0.25) is 5.02 Å². The van der Waals surface area contributed by atoms with Crippen molar-refractivity contribution in [2.75, 3.05) is 7.05 Å². The van der Waals surface area contributed by atoms with E-state index in [1.807, 2.05) is 24.1 Å². The number of hydrogen-bond acceptors (Lipinski definition) is 4. The fraction of sp³-hybridized carbons (Fsp3) is 0.333. The SMILES string of the molecule is CCc1cc(-c2ccncc2)ccc1CN(C(=O)c1sc2c(F)ccc(F)c2c1Cl)C1CCC(NC)CC1. The minimum atomic E-state index is -0.622. The van der Waals surface area contributed by atoms with Crippen LogP contribution in [0.5, 0.6) is 0 Å². The van der Waals surface area contributed by atoms with Gasteiger partial charge in [0.2, 0.25) is 0 Å². The van der Waals surface area contributed by atoms with Gasteiger partial charge in [-0.1, -0.05) is 36.7 Å². The molecule has 1 saturated carbocycles. The highest BCUT2D eigenvalue weighted by atomic mass is 35.5. The van der Waals surface area contributed by atoms with Gasteiger partial charge in [0.05, 0.1) is 15.1 Å². The lowest BCUT2D eigenvalue weighted by Gasteiger charge is -2.37. The Hall–Kier alpha value is -2.87. The van der Waals surface area contributed by atoms with Crippen molar-refractivity contribution in [3.63, 3.8) is 0 Å². The molecule has 1 fully saturated rings. The second-order valence-electron chi connectivity index (χ2n) is 9.78. The number of carbonyl (C=O) groups excluding carboxylic acids is 1. The van der Waals surface area contributed by atoms with Crippen LogP contribution >= 0.6 is 22.9 Å². The van der Waals surface area contributed by atoms with Crippen LogP contribution in [-0.2, 0) is 13.0 Å². The molecule has 198 valence electrons. The summed E-state index contributed by atoms with van der Waals surface area (Å²) >= 11 is 7.48. The maximum Gasteiger partial charge on any atom is 0.266 e. The van der Waals surface area contributed by atoms with Gasteiger partial charge in [-0.05, 0) is 85.7 Å². The number of benzene rings is 2. The standard InChI is InChI=1S/C30H30ClF2N3OS/c1-3-18-16-20(19-12-14-35-15-13-19)4-5-21(18)17-36(23-8-6-22(34-2)7-9-23)30(37)29-27(31)26-24(32)10-11-25(33)28(26)38-29/h4-5,10-16,22-23,34H,3,6-9,17H2,1-2H3. The summed E-state index contributed by atoms with van der Waals surface area (Å²) in [5.41, 5.74) is 4.39. The first kappa shape index (κ1) is 26.7. The van der Waals surface area contributed by atoms with Crippen LogP contribution in [0.4, 0.5) is 8.78 Å². The maximum absolute atomic E-state index is 14.6. The quantitative estimate of drug-likeness (QED) is 0.256. The molecule has 0 radical (unpaired) electrons. The summed E-state index contributed by atoms with van der Waals surface area (Å²) in [5.74, 6) is -1.47. The highest BCUT2D eigenvalue weighted by Crippen LogP contribution is 2.40. The van der Waals surface area contributed by atoms with Crippen molar-refractivity contribution in [1.29, 1.82) is 0 Å². The summed E-state index contributed by atoms with van der Waals surface area (Å²) in [6, 6.07) is 12.8. The van der Waals surface area contributed by atoms with Gasteiger partial charge in [0.25, 0.3) is 5.91 Å². The summed E-state index contributed by atoms with van der Waals surface area (Å²) in [4.78, 5) is 20.3. The Bertz CT molecular complexity index is 1450. The third-order valence-corrected chi connectivity index (χ3v) is 9.30. The number of rotatable bonds is 7. The van der Waals surface area contributed by atoms with E-state index in [1.165, 1.54) is 0 Å². The van der Waals surface area contributed by atoms with Gasteiger partial charge in [-0.15, -0.1) is 11.3 Å². The van der Waals surface area contributed by atoms with Gasteiger partial charge >= 0.3 is 0 Å². The fourth-order valence-electron chi connectivity index (χ4n) is 5.43. The normalized spacial score (nSPS) is 17.6. The fourth-order valence-corrected chi connectivity index (χ4v) is 6.93. The lowest BCUT2D eigenvalue weighted by molar-refractivity contribution is 0.0606. The molecule has 8 heteroatoms. The third kappa shape index (κ3) is 5.20. The molecular formula is C30H30ClF2N3OS. The molecule has 1 N–H and O–H groups in total. The predicted octanol–water partition coefficient (Wildman–Crippen LogP) is 7.63. The zero-order valence-corrected chi connectivity index (χ0v) is 23.0. The van der Waals surface area contributed by atoms with Crippen molar-refractivity contribution < 1.29 is 13.6 Å². The molecule has 2 aromatic carbocycles. The largest absolute Gasteiger partial charge is 0.331 e. The molecule has 2 heterocycles. The highest BCUT2D eigenvalue weighted by molar-refractivity contribution is 7.21. The zero-order valence-electron chi connectivity index (χ0n) is 21.4. The lowest BCUT2D eigenvalue weighted by atomic mass is 9.89. The van der Waals surface area contributed by atoms with Gasteiger partial charge < -0.3 is 10.2 Å². The first-order chi connectivity index (χ1) is 18.4. The van der Waals surface area contributed by atoms with E-state index in [0.29, 0.717) is 12.6 Å². The number of nitrogens with zero attached hydrogens (tertiary/aromatic N) is 2. The molecule has 0 saturated heterocycles. The number of aromatic nitrogens is 1. The maximum atomic E-state index is 14.6. The molecule has 0 unspecified atom stereocenters. The van der Waals surface area contributed by atoms with E-state index in [4.69, 9.17) is 11.6 Å². The van der Waals surface area contributed by atoms with E-state index in [-0.39, 0.29) is 31.9 Å². The Labute approximate surface area is 230 Å². The zero-order chi connectivity index (χ0) is 26.8. The smallest absolute Gasteiger partial charge is 0.266 e. The van der Waals surface area contributed by atoms with Gasteiger partial charge in [-0.25, -0.2) is 8.78 Å². The number of fused-ring (bicyclic) bond motifs is 1. The molecule has 38 heavy (non-hydrogen) atoms. The molecule has 5 rings (SSSR count). The van der Waals surface area contributed by atoms with E-state index >= 15 is 0 Å². The van der Waals surface area contributed by atoms with Crippen LogP contribution in [0.15, 0.2) is 54.9 Å². The molecule has 4 aromatic rings. The Morgan fingerprint density at radius 1 is 1.03 bits per heavy atom. The van der Waals surface area contributed by atoms with Gasteiger partial charge in [-0.3, -0.25) is 9.78 Å². The number of amides is 1. The molecule has 1 aliphatic carbocycles. The number of thiophene rings is 1. The van der Waals surface area contributed by atoms with Crippen molar-refractivity contribution in [3.8, 4) is 11.1 Å². The molecule has 1 aliphatic rings. The van der Waals surface area contributed by atoms with Gasteiger partial charge in [0.15, 0.2) is 0 Å². The van der Waals surface area contributed by atoms with E-state index in [0.717, 1.165) is 77.8 Å². The summed E-state index contributed by atoms with van der Waals surface area (Å²) in [5, 5.41) is 3.31. The first-order valence-corrected chi connectivity index (χ1v) is 14.2. The van der Waals surface area contributed by atoms with Crippen molar-refractivity contribution in [1.82, 2.24) is 15.2 Å². The van der Waals surface area contributed by atoms with Crippen molar-refractivity contribution in [3.05, 3.63) is 87.5 Å². The van der Waals surface area contributed by atoms with E-state index in [1.54, 1.807) is 12.4 Å². The average molecular weight is 554 g/mol. The van der Waals surface area contributed by atoms with Crippen LogP contribution in [0.25, 0.3) is 21.2 Å². The monoisotopic (exact) mass is 553 g/mol. The van der Waals surface area contributed by atoms with E-state index in [9.17, 15) is 13.6 Å². The Kier molecular flexibility index (Phi) is 8.07. The van der Waals surface area contributed by atoms with Crippen LogP contribution in [-0.4, -0.2) is 34.9 Å². The molecule has 0 bridgehead atoms. The minimum Gasteiger partial charge on any atom is -0.331 e. The molecule has 0 atom stereocenters. The number of aryl methyl sites for hydroxylation is 1. The van der Waals surface area contributed by atoms with E-state index < -0.39 is 11.6 Å². The first-order valence-electron chi connectivity index (χ1n) is 13.0. The highest BCUT2D eigenvalue weighted by Gasteiger charge is 2.32. The molecule has 4 nitrogen and oxygen atoms in total. The van der Waals surface area contributed by atoms with E-state index in [2.05, 4.69) is 35.4 Å². The van der Waals surface area contributed by atoms with Crippen LogP contribution in [0, 0.1) is 11.6 Å². The number of pyridine rings is 1. The molecular weight excluding hydrogens is 524 g/mol. The van der Waals surface area contributed by atoms with Crippen molar-refractivity contribution in [2.45, 2.75) is 57.7 Å². The Balaban J connectivity index is 1.52. The van der Waals surface area contributed by atoms with Gasteiger partial charge in [0.1, 0.15) is 16.5 Å². The number of nitrogens with one attached hydrogen (secondary N) is 1. The predicted molar refractivity (Wildman–Crippen MR) is 151 cm³/mol. The van der Waals surface area contributed by atoms with Crippen molar-refractivity contribution >= 4 is 38.9 Å². The Morgan fingerprint density at radius 2 is 1.74 bits per heavy atom. The summed E-state index contributed by atoms with van der Waals surface area (Å²) in [6.45, 7) is 2.51. The molecule has 2 aromatic heterocycles.